The SMILES string of the molecule is COc1ccc(OC)c(CN(CC(=O)NCc2cc(OC)c(OC)c(OC)c2)C2CC2)c1. The number of methoxy groups -OCH3 is 5. The van der Waals surface area contributed by atoms with E-state index < -0.39 is 0 Å². The molecule has 8 nitrogen and oxygen atoms in total. The van der Waals surface area contributed by atoms with Gasteiger partial charge in [-0.2, -0.15) is 0 Å². The summed E-state index contributed by atoms with van der Waals surface area (Å²) < 4.78 is 27.0. The van der Waals surface area contributed by atoms with Crippen molar-refractivity contribution in [2.75, 3.05) is 42.1 Å². The van der Waals surface area contributed by atoms with Crippen molar-refractivity contribution in [3.63, 3.8) is 0 Å². The number of ether oxygens (including phenoxy) is 5. The summed E-state index contributed by atoms with van der Waals surface area (Å²) in [4.78, 5) is 14.9. The highest BCUT2D eigenvalue weighted by atomic mass is 16.5. The number of carbonyl (C=O) groups excluding carboxylic acids is 1. The minimum Gasteiger partial charge on any atom is -0.497 e. The van der Waals surface area contributed by atoms with Crippen molar-refractivity contribution >= 4 is 5.91 Å². The maximum atomic E-state index is 12.8. The van der Waals surface area contributed by atoms with Crippen molar-refractivity contribution in [1.82, 2.24) is 10.2 Å². The maximum Gasteiger partial charge on any atom is 0.234 e. The lowest BCUT2D eigenvalue weighted by molar-refractivity contribution is -0.122. The Bertz CT molecular complexity index is 904. The van der Waals surface area contributed by atoms with E-state index in [0.29, 0.717) is 42.9 Å². The first-order valence-electron chi connectivity index (χ1n) is 10.5. The molecule has 1 aliphatic carbocycles. The quantitative estimate of drug-likeness (QED) is 0.539. The number of hydrogen-bond donors (Lipinski definition) is 1. The molecular weight excluding hydrogens is 412 g/mol. The van der Waals surface area contributed by atoms with Gasteiger partial charge in [0.05, 0.1) is 42.1 Å². The Labute approximate surface area is 189 Å². The van der Waals surface area contributed by atoms with Crippen molar-refractivity contribution in [1.29, 1.82) is 0 Å². The lowest BCUT2D eigenvalue weighted by atomic mass is 10.1. The van der Waals surface area contributed by atoms with Gasteiger partial charge >= 0.3 is 0 Å². The van der Waals surface area contributed by atoms with Crippen LogP contribution < -0.4 is 29.0 Å². The molecule has 0 atom stereocenters. The fourth-order valence-electron chi connectivity index (χ4n) is 3.66. The Morgan fingerprint density at radius 3 is 2.09 bits per heavy atom. The molecule has 0 bridgehead atoms. The maximum absolute atomic E-state index is 12.8. The summed E-state index contributed by atoms with van der Waals surface area (Å²) in [5.41, 5.74) is 1.86. The predicted molar refractivity (Wildman–Crippen MR) is 121 cm³/mol. The monoisotopic (exact) mass is 444 g/mol. The minimum absolute atomic E-state index is 0.0486. The lowest BCUT2D eigenvalue weighted by Gasteiger charge is -2.23. The Morgan fingerprint density at radius 1 is 0.906 bits per heavy atom. The third-order valence-electron chi connectivity index (χ3n) is 5.49. The normalized spacial score (nSPS) is 12.9. The third kappa shape index (κ3) is 5.76. The van der Waals surface area contributed by atoms with Crippen LogP contribution in [-0.2, 0) is 17.9 Å². The van der Waals surface area contributed by atoms with Crippen LogP contribution in [0.4, 0.5) is 0 Å². The highest BCUT2D eigenvalue weighted by molar-refractivity contribution is 5.78. The van der Waals surface area contributed by atoms with Crippen molar-refractivity contribution in [3.8, 4) is 28.7 Å². The second-order valence-electron chi connectivity index (χ2n) is 7.62. The average Bonchev–Trinajstić information content (AvgIpc) is 3.67. The minimum atomic E-state index is -0.0486. The van der Waals surface area contributed by atoms with Crippen LogP contribution in [0.2, 0.25) is 0 Å². The largest absolute Gasteiger partial charge is 0.497 e. The molecule has 174 valence electrons. The van der Waals surface area contributed by atoms with Gasteiger partial charge < -0.3 is 29.0 Å². The van der Waals surface area contributed by atoms with Gasteiger partial charge in [0.25, 0.3) is 0 Å². The van der Waals surface area contributed by atoms with E-state index in [1.807, 2.05) is 30.3 Å². The summed E-state index contributed by atoms with van der Waals surface area (Å²) in [5, 5.41) is 3.00. The number of carbonyl (C=O) groups is 1. The molecule has 0 aliphatic heterocycles. The number of nitrogens with zero attached hydrogens (tertiary/aromatic N) is 1. The number of nitrogens with one attached hydrogen (secondary N) is 1. The van der Waals surface area contributed by atoms with E-state index in [-0.39, 0.29) is 5.91 Å². The van der Waals surface area contributed by atoms with Gasteiger partial charge in [0.2, 0.25) is 11.7 Å². The van der Waals surface area contributed by atoms with Gasteiger partial charge in [-0.15, -0.1) is 0 Å². The van der Waals surface area contributed by atoms with E-state index in [0.717, 1.165) is 35.5 Å². The van der Waals surface area contributed by atoms with E-state index in [1.165, 1.54) is 0 Å². The van der Waals surface area contributed by atoms with Crippen molar-refractivity contribution in [3.05, 3.63) is 41.5 Å². The Balaban J connectivity index is 1.66. The first kappa shape index (κ1) is 23.5. The molecule has 2 aromatic carbocycles. The van der Waals surface area contributed by atoms with Crippen LogP contribution >= 0.6 is 0 Å². The number of amides is 1. The third-order valence-corrected chi connectivity index (χ3v) is 5.49. The summed E-state index contributed by atoms with van der Waals surface area (Å²) in [6, 6.07) is 9.79. The molecule has 3 rings (SSSR count). The molecule has 2 aromatic rings. The van der Waals surface area contributed by atoms with Gasteiger partial charge in [-0.25, -0.2) is 0 Å². The number of benzene rings is 2. The molecule has 1 saturated carbocycles. The highest BCUT2D eigenvalue weighted by Gasteiger charge is 2.31. The zero-order chi connectivity index (χ0) is 23.1. The van der Waals surface area contributed by atoms with Gasteiger partial charge in [-0.05, 0) is 48.7 Å². The van der Waals surface area contributed by atoms with Crippen LogP contribution in [0.25, 0.3) is 0 Å². The van der Waals surface area contributed by atoms with Crippen LogP contribution in [0.15, 0.2) is 30.3 Å². The highest BCUT2D eigenvalue weighted by Crippen LogP contribution is 2.38. The van der Waals surface area contributed by atoms with E-state index in [4.69, 9.17) is 23.7 Å². The first-order chi connectivity index (χ1) is 15.5. The van der Waals surface area contributed by atoms with Crippen molar-refractivity contribution < 1.29 is 28.5 Å². The summed E-state index contributed by atoms with van der Waals surface area (Å²) >= 11 is 0. The molecule has 1 aliphatic rings. The fraction of sp³-hybridized carbons (Fsp3) is 0.458. The van der Waals surface area contributed by atoms with Crippen LogP contribution in [0, 0.1) is 0 Å². The van der Waals surface area contributed by atoms with Gasteiger partial charge in [0.15, 0.2) is 11.5 Å². The van der Waals surface area contributed by atoms with E-state index in [9.17, 15) is 4.79 Å². The van der Waals surface area contributed by atoms with Crippen molar-refractivity contribution in [2.45, 2.75) is 32.0 Å². The molecule has 8 heteroatoms. The van der Waals surface area contributed by atoms with Crippen LogP contribution in [0.5, 0.6) is 28.7 Å². The Hall–Kier alpha value is -3.13. The molecular formula is C24H32N2O6. The molecule has 1 amide bonds. The summed E-state index contributed by atoms with van der Waals surface area (Å²) in [5.74, 6) is 3.14. The van der Waals surface area contributed by atoms with Crippen LogP contribution in [0.3, 0.4) is 0 Å². The van der Waals surface area contributed by atoms with Crippen LogP contribution in [0.1, 0.15) is 24.0 Å². The smallest absolute Gasteiger partial charge is 0.234 e. The van der Waals surface area contributed by atoms with Crippen molar-refractivity contribution in [2.24, 2.45) is 0 Å². The van der Waals surface area contributed by atoms with E-state index in [2.05, 4.69) is 10.2 Å². The predicted octanol–water partition coefficient (Wildman–Crippen LogP) is 3.01. The number of rotatable bonds is 12. The fourth-order valence-corrected chi connectivity index (χ4v) is 3.66. The first-order valence-corrected chi connectivity index (χ1v) is 10.5. The molecule has 0 aromatic heterocycles. The van der Waals surface area contributed by atoms with Gasteiger partial charge in [0.1, 0.15) is 11.5 Å². The average molecular weight is 445 g/mol. The summed E-state index contributed by atoms with van der Waals surface area (Å²) in [6.07, 6.45) is 2.18. The van der Waals surface area contributed by atoms with Gasteiger partial charge in [0, 0.05) is 24.7 Å². The van der Waals surface area contributed by atoms with Gasteiger partial charge in [-0.1, -0.05) is 0 Å². The van der Waals surface area contributed by atoms with E-state index >= 15 is 0 Å². The second-order valence-corrected chi connectivity index (χ2v) is 7.62. The standard InChI is InChI=1S/C24H32N2O6/c1-28-19-8-9-20(29-2)17(12-19)14-26(18-6-7-18)15-23(27)25-13-16-10-21(30-3)24(32-5)22(11-16)31-4/h8-12,18H,6-7,13-15H2,1-5H3,(H,25,27). The molecule has 1 fully saturated rings. The van der Waals surface area contributed by atoms with E-state index in [1.54, 1.807) is 35.5 Å². The van der Waals surface area contributed by atoms with Crippen LogP contribution in [-0.4, -0.2) is 58.9 Å². The summed E-state index contributed by atoms with van der Waals surface area (Å²) in [6.45, 7) is 1.27. The molecule has 0 heterocycles. The molecule has 1 N–H and O–H groups in total. The topological polar surface area (TPSA) is 78.5 Å². The second kappa shape index (κ2) is 10.9. The lowest BCUT2D eigenvalue weighted by Crippen LogP contribution is -2.38. The molecule has 0 saturated heterocycles. The number of hydrogen-bond acceptors (Lipinski definition) is 7. The molecule has 0 spiro atoms. The molecule has 0 radical (unpaired) electrons. The Kier molecular flexibility index (Phi) is 8.05. The summed E-state index contributed by atoms with van der Waals surface area (Å²) in [7, 11) is 7.99. The molecule has 32 heavy (non-hydrogen) atoms. The Morgan fingerprint density at radius 2 is 1.56 bits per heavy atom. The zero-order valence-corrected chi connectivity index (χ0v) is 19.4. The zero-order valence-electron chi connectivity index (χ0n) is 19.4. The molecule has 0 unspecified atom stereocenters. The van der Waals surface area contributed by atoms with Gasteiger partial charge in [-0.3, -0.25) is 9.69 Å².